The number of nitrogens with one attached hydrogen (secondary N) is 2. The van der Waals surface area contributed by atoms with E-state index >= 15 is 0 Å². The van der Waals surface area contributed by atoms with Gasteiger partial charge in [-0.2, -0.15) is 0 Å². The van der Waals surface area contributed by atoms with E-state index in [1.807, 2.05) is 30.3 Å². The third kappa shape index (κ3) is 1.94. The fraction of sp³-hybridized carbons (Fsp3) is 0.118. The van der Waals surface area contributed by atoms with Gasteiger partial charge < -0.3 is 14.7 Å². The molecule has 0 aliphatic carbocycles. The fourth-order valence-corrected chi connectivity index (χ4v) is 2.85. The van der Waals surface area contributed by atoms with Crippen molar-refractivity contribution in [3.8, 4) is 5.75 Å². The Bertz CT molecular complexity index is 938. The van der Waals surface area contributed by atoms with Crippen LogP contribution in [0.2, 0.25) is 0 Å². The third-order valence-corrected chi connectivity index (χ3v) is 3.87. The lowest BCUT2D eigenvalue weighted by atomic mass is 10.0. The molecule has 0 spiro atoms. The lowest BCUT2D eigenvalue weighted by Gasteiger charge is -2.09. The van der Waals surface area contributed by atoms with Gasteiger partial charge in [0.2, 0.25) is 0 Å². The number of nitrogens with zero attached hydrogens (tertiary/aromatic N) is 1. The zero-order valence-electron chi connectivity index (χ0n) is 12.0. The zero-order chi connectivity index (χ0) is 15.1. The average Bonchev–Trinajstić information content (AvgIpc) is 3.15. The van der Waals surface area contributed by atoms with Gasteiger partial charge in [0.25, 0.3) is 0 Å². The van der Waals surface area contributed by atoms with Crippen LogP contribution in [-0.2, 0) is 6.42 Å². The summed E-state index contributed by atoms with van der Waals surface area (Å²) in [6.45, 7) is 0. The van der Waals surface area contributed by atoms with Crippen molar-refractivity contribution in [3.63, 3.8) is 0 Å². The molecule has 4 aromatic rings. The Kier molecular flexibility index (Phi) is 2.85. The molecular weight excluding hydrogens is 281 g/mol. The Balaban J connectivity index is 1.86. The quantitative estimate of drug-likeness (QED) is 0.604. The highest BCUT2D eigenvalue weighted by Gasteiger charge is 2.15. The molecule has 5 heteroatoms. The normalized spacial score (nSPS) is 11.4. The van der Waals surface area contributed by atoms with Crippen molar-refractivity contribution >= 4 is 21.9 Å². The number of methoxy groups -OCH3 is 1. The maximum atomic E-state index is 14.0. The number of benzene rings is 2. The summed E-state index contributed by atoms with van der Waals surface area (Å²) >= 11 is 0. The van der Waals surface area contributed by atoms with Crippen molar-refractivity contribution in [2.24, 2.45) is 0 Å². The SMILES string of the molecule is COc1cc(F)c2[nH]ccc2c1Cc1nc2ccccc2[nH]1. The van der Waals surface area contributed by atoms with Crippen LogP contribution in [0.3, 0.4) is 0 Å². The molecule has 0 radical (unpaired) electrons. The highest BCUT2D eigenvalue weighted by Crippen LogP contribution is 2.31. The Morgan fingerprint density at radius 3 is 2.91 bits per heavy atom. The number of aromatic amines is 2. The van der Waals surface area contributed by atoms with Crippen LogP contribution in [0.4, 0.5) is 4.39 Å². The van der Waals surface area contributed by atoms with E-state index in [2.05, 4.69) is 15.0 Å². The monoisotopic (exact) mass is 295 g/mol. The van der Waals surface area contributed by atoms with Crippen LogP contribution in [0.1, 0.15) is 11.4 Å². The minimum Gasteiger partial charge on any atom is -0.496 e. The van der Waals surface area contributed by atoms with Crippen LogP contribution in [-0.4, -0.2) is 22.1 Å². The van der Waals surface area contributed by atoms with E-state index in [4.69, 9.17) is 4.74 Å². The summed E-state index contributed by atoms with van der Waals surface area (Å²) in [6.07, 6.45) is 2.28. The van der Waals surface area contributed by atoms with E-state index in [9.17, 15) is 4.39 Å². The highest BCUT2D eigenvalue weighted by molar-refractivity contribution is 5.86. The second-order valence-electron chi connectivity index (χ2n) is 5.18. The fourth-order valence-electron chi connectivity index (χ4n) is 2.85. The van der Waals surface area contributed by atoms with Crippen LogP contribution >= 0.6 is 0 Å². The second kappa shape index (κ2) is 4.87. The van der Waals surface area contributed by atoms with Crippen molar-refractivity contribution in [1.29, 1.82) is 0 Å². The molecule has 0 amide bonds. The summed E-state index contributed by atoms with van der Waals surface area (Å²) in [5.41, 5.74) is 3.32. The van der Waals surface area contributed by atoms with Gasteiger partial charge in [0, 0.05) is 29.6 Å². The van der Waals surface area contributed by atoms with Crippen molar-refractivity contribution in [2.45, 2.75) is 6.42 Å². The summed E-state index contributed by atoms with van der Waals surface area (Å²) < 4.78 is 19.4. The predicted molar refractivity (Wildman–Crippen MR) is 83.7 cm³/mol. The van der Waals surface area contributed by atoms with Crippen molar-refractivity contribution in [2.75, 3.05) is 7.11 Å². The van der Waals surface area contributed by atoms with Crippen molar-refractivity contribution in [3.05, 3.63) is 59.8 Å². The van der Waals surface area contributed by atoms with Crippen molar-refractivity contribution < 1.29 is 9.13 Å². The Morgan fingerprint density at radius 1 is 1.23 bits per heavy atom. The summed E-state index contributed by atoms with van der Waals surface area (Å²) in [6, 6.07) is 11.1. The molecule has 0 aliphatic rings. The molecule has 4 rings (SSSR count). The number of hydrogen-bond acceptors (Lipinski definition) is 2. The molecule has 0 unspecified atom stereocenters. The lowest BCUT2D eigenvalue weighted by molar-refractivity contribution is 0.408. The molecule has 2 aromatic heterocycles. The summed E-state index contributed by atoms with van der Waals surface area (Å²) in [5.74, 6) is 1.05. The zero-order valence-corrected chi connectivity index (χ0v) is 12.0. The van der Waals surface area contributed by atoms with Gasteiger partial charge in [0.05, 0.1) is 23.7 Å². The van der Waals surface area contributed by atoms with E-state index in [0.29, 0.717) is 17.7 Å². The molecular formula is C17H14FN3O. The number of rotatable bonds is 3. The van der Waals surface area contributed by atoms with Crippen LogP contribution in [0.25, 0.3) is 21.9 Å². The topological polar surface area (TPSA) is 53.7 Å². The van der Waals surface area contributed by atoms with Gasteiger partial charge in [-0.25, -0.2) is 9.37 Å². The number of fused-ring (bicyclic) bond motifs is 2. The first kappa shape index (κ1) is 12.9. The Morgan fingerprint density at radius 2 is 2.09 bits per heavy atom. The predicted octanol–water partition coefficient (Wildman–Crippen LogP) is 3.78. The van der Waals surface area contributed by atoms with E-state index in [0.717, 1.165) is 27.8 Å². The van der Waals surface area contributed by atoms with Gasteiger partial charge in [-0.05, 0) is 18.2 Å². The largest absolute Gasteiger partial charge is 0.496 e. The molecule has 22 heavy (non-hydrogen) atoms. The molecule has 0 aliphatic heterocycles. The number of halogens is 1. The van der Waals surface area contributed by atoms with Crippen LogP contribution in [0, 0.1) is 5.82 Å². The maximum absolute atomic E-state index is 14.0. The Hall–Kier alpha value is -2.82. The molecule has 0 saturated heterocycles. The lowest BCUT2D eigenvalue weighted by Crippen LogP contribution is -1.98. The number of hydrogen-bond donors (Lipinski definition) is 2. The third-order valence-electron chi connectivity index (χ3n) is 3.87. The first-order valence-corrected chi connectivity index (χ1v) is 7.02. The van der Waals surface area contributed by atoms with E-state index in [1.54, 1.807) is 13.3 Å². The van der Waals surface area contributed by atoms with Gasteiger partial charge in [-0.15, -0.1) is 0 Å². The standard InChI is InChI=1S/C17H14FN3O/c1-22-15-9-12(18)17-10(6-7-19-17)11(15)8-16-20-13-4-2-3-5-14(13)21-16/h2-7,9,19H,8H2,1H3,(H,20,21). The molecule has 0 atom stereocenters. The van der Waals surface area contributed by atoms with Crippen LogP contribution < -0.4 is 4.74 Å². The molecule has 4 nitrogen and oxygen atoms in total. The summed E-state index contributed by atoms with van der Waals surface area (Å²) in [5, 5.41) is 0.817. The number of ether oxygens (including phenoxy) is 1. The van der Waals surface area contributed by atoms with Gasteiger partial charge in [-0.3, -0.25) is 0 Å². The van der Waals surface area contributed by atoms with Gasteiger partial charge in [-0.1, -0.05) is 12.1 Å². The highest BCUT2D eigenvalue weighted by atomic mass is 19.1. The molecule has 0 bridgehead atoms. The van der Waals surface area contributed by atoms with Crippen molar-refractivity contribution in [1.82, 2.24) is 15.0 Å². The smallest absolute Gasteiger partial charge is 0.150 e. The van der Waals surface area contributed by atoms with Gasteiger partial charge in [0.1, 0.15) is 11.6 Å². The molecule has 0 fully saturated rings. The minimum atomic E-state index is -0.315. The number of imidazole rings is 1. The number of para-hydroxylation sites is 2. The second-order valence-corrected chi connectivity index (χ2v) is 5.18. The minimum absolute atomic E-state index is 0.315. The maximum Gasteiger partial charge on any atom is 0.150 e. The summed E-state index contributed by atoms with van der Waals surface area (Å²) in [4.78, 5) is 10.8. The molecule has 0 saturated carbocycles. The number of aromatic nitrogens is 3. The van der Waals surface area contributed by atoms with Crippen LogP contribution in [0.15, 0.2) is 42.6 Å². The van der Waals surface area contributed by atoms with Crippen LogP contribution in [0.5, 0.6) is 5.75 Å². The van der Waals surface area contributed by atoms with Gasteiger partial charge in [0.15, 0.2) is 5.82 Å². The van der Waals surface area contributed by atoms with E-state index in [1.165, 1.54) is 6.07 Å². The Labute approximate surface area is 125 Å². The van der Waals surface area contributed by atoms with Gasteiger partial charge >= 0.3 is 0 Å². The first-order valence-electron chi connectivity index (χ1n) is 7.02. The van der Waals surface area contributed by atoms with E-state index < -0.39 is 0 Å². The first-order chi connectivity index (χ1) is 10.8. The summed E-state index contributed by atoms with van der Waals surface area (Å²) in [7, 11) is 1.55. The molecule has 2 N–H and O–H groups in total. The molecule has 110 valence electrons. The van der Waals surface area contributed by atoms with E-state index in [-0.39, 0.29) is 5.82 Å². The average molecular weight is 295 g/mol. The molecule has 2 heterocycles. The number of H-pyrrole nitrogens is 2. The molecule has 2 aromatic carbocycles.